The number of ether oxygens (including phenoxy) is 3. The summed E-state index contributed by atoms with van der Waals surface area (Å²) in [5.41, 5.74) is 3.66. The minimum Gasteiger partial charge on any atom is -0.497 e. The monoisotopic (exact) mass is 560 g/mol. The molecule has 0 aliphatic rings. The molecular weight excluding hydrogens is 536 g/mol. The highest BCUT2D eigenvalue weighted by molar-refractivity contribution is 9.10. The first-order valence-corrected chi connectivity index (χ1v) is 12.4. The van der Waals surface area contributed by atoms with Gasteiger partial charge in [0.1, 0.15) is 17.2 Å². The molecule has 0 spiro atoms. The number of amides is 1. The van der Waals surface area contributed by atoms with Gasteiger partial charge in [0.05, 0.1) is 23.4 Å². The first-order valence-electron chi connectivity index (χ1n) is 11.6. The average Bonchev–Trinajstić information content (AvgIpc) is 2.93. The quantitative estimate of drug-likeness (QED) is 0.115. The van der Waals surface area contributed by atoms with Gasteiger partial charge in [0, 0.05) is 0 Å². The van der Waals surface area contributed by atoms with Gasteiger partial charge in [-0.3, -0.25) is 4.79 Å². The van der Waals surface area contributed by atoms with Crippen LogP contribution in [0.4, 0.5) is 0 Å². The molecule has 188 valence electrons. The largest absolute Gasteiger partial charge is 0.497 e. The molecule has 0 saturated carbocycles. The lowest BCUT2D eigenvalue weighted by molar-refractivity contribution is -0.128. The Kier molecular flexibility index (Phi) is 8.53. The van der Waals surface area contributed by atoms with E-state index in [0.29, 0.717) is 29.2 Å². The molecule has 0 saturated heterocycles. The van der Waals surface area contributed by atoms with Gasteiger partial charge in [-0.25, -0.2) is 10.2 Å². The molecule has 0 fully saturated rings. The number of esters is 1. The van der Waals surface area contributed by atoms with Gasteiger partial charge >= 0.3 is 5.97 Å². The zero-order chi connectivity index (χ0) is 26.2. The Morgan fingerprint density at radius 1 is 0.946 bits per heavy atom. The molecule has 0 heterocycles. The number of methoxy groups -OCH3 is 1. The third-order valence-corrected chi connectivity index (χ3v) is 6.38. The van der Waals surface area contributed by atoms with Gasteiger partial charge < -0.3 is 14.2 Å². The minimum absolute atomic E-state index is 0.358. The second-order valence-corrected chi connectivity index (χ2v) is 8.83. The van der Waals surface area contributed by atoms with E-state index in [-0.39, 0.29) is 5.91 Å². The van der Waals surface area contributed by atoms with Crippen molar-refractivity contribution in [3.05, 3.63) is 101 Å². The van der Waals surface area contributed by atoms with E-state index < -0.39 is 12.1 Å². The topological polar surface area (TPSA) is 86.2 Å². The number of hydrogen-bond donors (Lipinski definition) is 1. The Morgan fingerprint density at radius 2 is 1.65 bits per heavy atom. The molecular formula is C29H25BrN2O5. The summed E-state index contributed by atoms with van der Waals surface area (Å²) in [4.78, 5) is 25.0. The first-order chi connectivity index (χ1) is 18.0. The molecule has 1 amide bonds. The van der Waals surface area contributed by atoms with Gasteiger partial charge in [0.2, 0.25) is 0 Å². The summed E-state index contributed by atoms with van der Waals surface area (Å²) in [6.45, 7) is 1.87. The van der Waals surface area contributed by atoms with E-state index in [1.165, 1.54) is 6.21 Å². The van der Waals surface area contributed by atoms with Crippen molar-refractivity contribution in [3.63, 3.8) is 0 Å². The third-order valence-electron chi connectivity index (χ3n) is 5.57. The van der Waals surface area contributed by atoms with Crippen molar-refractivity contribution in [3.8, 4) is 17.2 Å². The van der Waals surface area contributed by atoms with E-state index >= 15 is 0 Å². The predicted molar refractivity (Wildman–Crippen MR) is 146 cm³/mol. The highest BCUT2D eigenvalue weighted by atomic mass is 79.9. The van der Waals surface area contributed by atoms with Gasteiger partial charge in [-0.1, -0.05) is 37.3 Å². The summed E-state index contributed by atoms with van der Waals surface area (Å²) in [5.74, 6) is 0.807. The highest BCUT2D eigenvalue weighted by Crippen LogP contribution is 2.33. The number of halogens is 1. The maximum atomic E-state index is 12.7. The van der Waals surface area contributed by atoms with Crippen molar-refractivity contribution in [2.24, 2.45) is 5.10 Å². The van der Waals surface area contributed by atoms with Crippen LogP contribution in [-0.4, -0.2) is 31.3 Å². The minimum atomic E-state index is -0.714. The Labute approximate surface area is 223 Å². The van der Waals surface area contributed by atoms with E-state index in [1.807, 2.05) is 43.3 Å². The molecule has 0 unspecified atom stereocenters. The smallest absolute Gasteiger partial charge is 0.343 e. The number of hydrogen-bond acceptors (Lipinski definition) is 6. The van der Waals surface area contributed by atoms with Gasteiger partial charge in [-0.15, -0.1) is 0 Å². The van der Waals surface area contributed by atoms with E-state index in [1.54, 1.807) is 55.6 Å². The number of carbonyl (C=O) groups is 2. The van der Waals surface area contributed by atoms with Gasteiger partial charge in [-0.2, -0.15) is 5.10 Å². The van der Waals surface area contributed by atoms with Crippen molar-refractivity contribution in [1.29, 1.82) is 0 Å². The fourth-order valence-electron chi connectivity index (χ4n) is 3.54. The lowest BCUT2D eigenvalue weighted by Crippen LogP contribution is -2.35. The maximum Gasteiger partial charge on any atom is 0.343 e. The number of rotatable bonds is 9. The van der Waals surface area contributed by atoms with Gasteiger partial charge in [0.15, 0.2) is 6.10 Å². The van der Waals surface area contributed by atoms with E-state index in [2.05, 4.69) is 26.5 Å². The summed E-state index contributed by atoms with van der Waals surface area (Å²) in [5, 5.41) is 6.12. The van der Waals surface area contributed by atoms with Crippen LogP contribution in [0.2, 0.25) is 0 Å². The number of benzene rings is 4. The van der Waals surface area contributed by atoms with E-state index in [0.717, 1.165) is 20.8 Å². The molecule has 0 aliphatic heterocycles. The molecule has 0 bridgehead atoms. The number of nitrogens with zero attached hydrogens (tertiary/aromatic N) is 1. The molecule has 0 radical (unpaired) electrons. The Hall–Kier alpha value is -4.17. The molecule has 37 heavy (non-hydrogen) atoms. The molecule has 4 rings (SSSR count). The highest BCUT2D eigenvalue weighted by Gasteiger charge is 2.19. The lowest BCUT2D eigenvalue weighted by Gasteiger charge is -2.17. The van der Waals surface area contributed by atoms with Crippen LogP contribution in [0.3, 0.4) is 0 Å². The first kappa shape index (κ1) is 25.9. The van der Waals surface area contributed by atoms with Crippen LogP contribution < -0.4 is 19.6 Å². The molecule has 1 N–H and O–H groups in total. The normalized spacial score (nSPS) is 11.8. The Bertz CT molecular complexity index is 1420. The SMILES string of the molecule is CC[C@H](Oc1ccc2ccccc2c1Br)C(=O)N/N=C\c1ccc(OC(=O)c2ccc(OC)cc2)cc1. The number of carbonyl (C=O) groups excluding carboxylic acids is 2. The molecule has 4 aromatic carbocycles. The van der Waals surface area contributed by atoms with Crippen molar-refractivity contribution in [2.45, 2.75) is 19.4 Å². The fraction of sp³-hybridized carbons (Fsp3) is 0.138. The molecule has 8 heteroatoms. The van der Waals surface area contributed by atoms with Gasteiger partial charge in [-0.05, 0) is 93.3 Å². The third kappa shape index (κ3) is 6.54. The lowest BCUT2D eigenvalue weighted by atomic mass is 10.1. The maximum absolute atomic E-state index is 12.7. The van der Waals surface area contributed by atoms with Crippen molar-refractivity contribution in [2.75, 3.05) is 7.11 Å². The number of hydrazone groups is 1. The molecule has 0 aromatic heterocycles. The molecule has 4 aromatic rings. The second kappa shape index (κ2) is 12.2. The van der Waals surface area contributed by atoms with Crippen LogP contribution in [0.5, 0.6) is 17.2 Å². The number of fused-ring (bicyclic) bond motifs is 1. The molecule has 0 aliphatic carbocycles. The fourth-order valence-corrected chi connectivity index (χ4v) is 4.12. The molecule has 1 atom stereocenters. The Balaban J connectivity index is 1.32. The second-order valence-electron chi connectivity index (χ2n) is 8.03. The summed E-state index contributed by atoms with van der Waals surface area (Å²) < 4.78 is 17.3. The average molecular weight is 561 g/mol. The van der Waals surface area contributed by atoms with Crippen LogP contribution >= 0.6 is 15.9 Å². The van der Waals surface area contributed by atoms with Crippen molar-refractivity contribution < 1.29 is 23.8 Å². The van der Waals surface area contributed by atoms with Gasteiger partial charge in [0.25, 0.3) is 5.91 Å². The summed E-state index contributed by atoms with van der Waals surface area (Å²) in [6.07, 6.45) is 1.26. The summed E-state index contributed by atoms with van der Waals surface area (Å²) in [7, 11) is 1.56. The zero-order valence-electron chi connectivity index (χ0n) is 20.3. The van der Waals surface area contributed by atoms with Crippen LogP contribution in [-0.2, 0) is 4.79 Å². The predicted octanol–water partition coefficient (Wildman–Crippen LogP) is 6.14. The summed E-state index contributed by atoms with van der Waals surface area (Å²) >= 11 is 3.59. The molecule has 7 nitrogen and oxygen atoms in total. The standard InChI is InChI=1S/C29H25BrN2O5/c1-3-25(37-26-17-12-20-6-4-5-7-24(20)27(26)30)28(33)32-31-18-19-8-13-23(14-9-19)36-29(34)21-10-15-22(35-2)16-11-21/h4-18,25H,3H2,1-2H3,(H,32,33)/b31-18-/t25-/m0/s1. The zero-order valence-corrected chi connectivity index (χ0v) is 21.9. The van der Waals surface area contributed by atoms with Crippen LogP contribution in [0.15, 0.2) is 94.5 Å². The van der Waals surface area contributed by atoms with Crippen LogP contribution in [0.1, 0.15) is 29.3 Å². The van der Waals surface area contributed by atoms with Crippen molar-refractivity contribution in [1.82, 2.24) is 5.43 Å². The van der Waals surface area contributed by atoms with Crippen LogP contribution in [0, 0.1) is 0 Å². The summed E-state index contributed by atoms with van der Waals surface area (Å²) in [6, 6.07) is 25.1. The van der Waals surface area contributed by atoms with E-state index in [4.69, 9.17) is 14.2 Å². The Morgan fingerprint density at radius 3 is 2.35 bits per heavy atom. The van der Waals surface area contributed by atoms with Crippen molar-refractivity contribution >= 4 is 44.8 Å². The number of nitrogens with one attached hydrogen (secondary N) is 1. The van der Waals surface area contributed by atoms with E-state index in [9.17, 15) is 9.59 Å². The van der Waals surface area contributed by atoms with Crippen LogP contribution in [0.25, 0.3) is 10.8 Å².